The van der Waals surface area contributed by atoms with Gasteiger partial charge >= 0.3 is 6.03 Å². The Bertz CT molecular complexity index is 583. The molecule has 140 valence electrons. The van der Waals surface area contributed by atoms with Crippen LogP contribution in [-0.4, -0.2) is 71.0 Å². The summed E-state index contributed by atoms with van der Waals surface area (Å²) >= 11 is 0. The van der Waals surface area contributed by atoms with Crippen LogP contribution in [0.25, 0.3) is 0 Å². The molecule has 2 amide bonds. The van der Waals surface area contributed by atoms with Gasteiger partial charge in [0.2, 0.25) is 0 Å². The minimum Gasteiger partial charge on any atom is -0.379 e. The van der Waals surface area contributed by atoms with Gasteiger partial charge < -0.3 is 15.0 Å². The first-order valence-electron chi connectivity index (χ1n) is 9.38. The maximum absolute atomic E-state index is 12.8. The van der Waals surface area contributed by atoms with E-state index < -0.39 is 0 Å². The van der Waals surface area contributed by atoms with Crippen molar-refractivity contribution in [1.29, 1.82) is 0 Å². The van der Waals surface area contributed by atoms with Crippen molar-refractivity contribution in [3.05, 3.63) is 17.0 Å². The number of nitrogens with one attached hydrogen (secondary N) is 2. The molecule has 2 aliphatic rings. The van der Waals surface area contributed by atoms with E-state index in [1.54, 1.807) is 0 Å². The summed E-state index contributed by atoms with van der Waals surface area (Å²) in [7, 11) is 0. The molecule has 3 heterocycles. The second-order valence-corrected chi connectivity index (χ2v) is 7.40. The molecule has 3 rings (SSSR count). The highest BCUT2D eigenvalue weighted by Gasteiger charge is 2.33. The first-order valence-corrected chi connectivity index (χ1v) is 9.38. The number of carbonyl (C=O) groups is 1. The van der Waals surface area contributed by atoms with Gasteiger partial charge in [0.15, 0.2) is 0 Å². The number of carbonyl (C=O) groups excluding carboxylic acids is 1. The molecule has 1 aromatic heterocycles. The summed E-state index contributed by atoms with van der Waals surface area (Å²) < 4.78 is 5.50. The average molecular weight is 349 g/mol. The maximum Gasteiger partial charge on any atom is 0.317 e. The predicted octanol–water partition coefficient (Wildman–Crippen LogP) is 1.98. The van der Waals surface area contributed by atoms with Crippen LogP contribution in [-0.2, 0) is 4.74 Å². The number of H-pyrrole nitrogens is 1. The van der Waals surface area contributed by atoms with Gasteiger partial charge in [-0.25, -0.2) is 4.79 Å². The SMILES string of the molecule is Cc1n[nH]c(C)c1[C@@H]1CCCN1C(=O)NC[C@H](C)N1CCOC[C@H]1C. The predicted molar refractivity (Wildman–Crippen MR) is 96.6 cm³/mol. The zero-order chi connectivity index (χ0) is 18.0. The molecule has 2 N–H and O–H groups in total. The number of urea groups is 1. The van der Waals surface area contributed by atoms with Gasteiger partial charge in [-0.1, -0.05) is 0 Å². The number of likely N-dealkylation sites (tertiary alicyclic amines) is 1. The van der Waals surface area contributed by atoms with Crippen molar-refractivity contribution in [2.45, 2.75) is 58.7 Å². The number of morpholine rings is 1. The Labute approximate surface area is 150 Å². The first kappa shape index (κ1) is 18.2. The molecule has 0 unspecified atom stereocenters. The summed E-state index contributed by atoms with van der Waals surface area (Å²) in [6, 6.07) is 0.879. The number of hydrogen-bond acceptors (Lipinski definition) is 4. The number of aromatic amines is 1. The van der Waals surface area contributed by atoms with Crippen molar-refractivity contribution in [2.24, 2.45) is 0 Å². The molecular formula is C18H31N5O2. The molecule has 1 aromatic rings. The second-order valence-electron chi connectivity index (χ2n) is 7.40. The zero-order valence-corrected chi connectivity index (χ0v) is 15.8. The Balaban J connectivity index is 1.59. The average Bonchev–Trinajstić information content (AvgIpc) is 3.19. The molecule has 25 heavy (non-hydrogen) atoms. The van der Waals surface area contributed by atoms with Gasteiger partial charge in [0.05, 0.1) is 24.9 Å². The molecule has 0 aliphatic carbocycles. The monoisotopic (exact) mass is 349 g/mol. The lowest BCUT2D eigenvalue weighted by Crippen LogP contribution is -2.53. The number of nitrogens with zero attached hydrogens (tertiary/aromatic N) is 3. The van der Waals surface area contributed by atoms with Crippen LogP contribution in [0.15, 0.2) is 0 Å². The number of ether oxygens (including phenoxy) is 1. The van der Waals surface area contributed by atoms with Gasteiger partial charge in [0.25, 0.3) is 0 Å². The minimum absolute atomic E-state index is 0.0373. The fourth-order valence-corrected chi connectivity index (χ4v) is 4.21. The van der Waals surface area contributed by atoms with E-state index in [0.717, 1.165) is 50.5 Å². The number of aromatic nitrogens is 2. The molecule has 0 aromatic carbocycles. The van der Waals surface area contributed by atoms with Gasteiger partial charge in [0.1, 0.15) is 0 Å². The van der Waals surface area contributed by atoms with Gasteiger partial charge in [-0.05, 0) is 40.5 Å². The van der Waals surface area contributed by atoms with Gasteiger partial charge in [-0.15, -0.1) is 0 Å². The van der Waals surface area contributed by atoms with Gasteiger partial charge in [0, 0.05) is 43.0 Å². The van der Waals surface area contributed by atoms with E-state index in [-0.39, 0.29) is 12.1 Å². The van der Waals surface area contributed by atoms with E-state index in [2.05, 4.69) is 34.3 Å². The third kappa shape index (κ3) is 3.82. The van der Waals surface area contributed by atoms with Crippen LogP contribution < -0.4 is 5.32 Å². The number of amides is 2. The van der Waals surface area contributed by atoms with Crippen LogP contribution >= 0.6 is 0 Å². The molecule has 2 aliphatic heterocycles. The van der Waals surface area contributed by atoms with E-state index in [1.165, 1.54) is 5.56 Å². The van der Waals surface area contributed by atoms with Crippen LogP contribution in [0.5, 0.6) is 0 Å². The largest absolute Gasteiger partial charge is 0.379 e. The van der Waals surface area contributed by atoms with Crippen LogP contribution in [0, 0.1) is 13.8 Å². The zero-order valence-electron chi connectivity index (χ0n) is 15.8. The fourth-order valence-electron chi connectivity index (χ4n) is 4.21. The second kappa shape index (κ2) is 7.74. The van der Waals surface area contributed by atoms with E-state index >= 15 is 0 Å². The Morgan fingerprint density at radius 3 is 2.92 bits per heavy atom. The molecule has 0 radical (unpaired) electrons. The van der Waals surface area contributed by atoms with Crippen molar-refractivity contribution >= 4 is 6.03 Å². The van der Waals surface area contributed by atoms with E-state index in [0.29, 0.717) is 18.6 Å². The third-order valence-electron chi connectivity index (χ3n) is 5.57. The molecule has 3 atom stereocenters. The molecule has 7 heteroatoms. The van der Waals surface area contributed by atoms with Crippen LogP contribution in [0.4, 0.5) is 4.79 Å². The van der Waals surface area contributed by atoms with Crippen LogP contribution in [0.1, 0.15) is 49.7 Å². The number of aryl methyl sites for hydroxylation is 2. The highest BCUT2D eigenvalue weighted by atomic mass is 16.5. The Morgan fingerprint density at radius 1 is 1.44 bits per heavy atom. The van der Waals surface area contributed by atoms with Crippen molar-refractivity contribution in [2.75, 3.05) is 32.8 Å². The van der Waals surface area contributed by atoms with E-state index in [4.69, 9.17) is 4.74 Å². The maximum atomic E-state index is 12.8. The Morgan fingerprint density at radius 2 is 2.24 bits per heavy atom. The van der Waals surface area contributed by atoms with Crippen molar-refractivity contribution in [1.82, 2.24) is 25.3 Å². The Hall–Kier alpha value is -1.60. The van der Waals surface area contributed by atoms with E-state index in [9.17, 15) is 4.79 Å². The molecular weight excluding hydrogens is 318 g/mol. The summed E-state index contributed by atoms with van der Waals surface area (Å²) in [4.78, 5) is 17.2. The summed E-state index contributed by atoms with van der Waals surface area (Å²) in [6.45, 7) is 12.3. The highest BCUT2D eigenvalue weighted by molar-refractivity contribution is 5.75. The highest BCUT2D eigenvalue weighted by Crippen LogP contribution is 2.34. The van der Waals surface area contributed by atoms with E-state index in [1.807, 2.05) is 18.7 Å². The fraction of sp³-hybridized carbons (Fsp3) is 0.778. The summed E-state index contributed by atoms with van der Waals surface area (Å²) in [5, 5.41) is 10.5. The molecule has 0 saturated carbocycles. The lowest BCUT2D eigenvalue weighted by Gasteiger charge is -2.38. The van der Waals surface area contributed by atoms with Crippen molar-refractivity contribution in [3.8, 4) is 0 Å². The van der Waals surface area contributed by atoms with Crippen LogP contribution in [0.3, 0.4) is 0 Å². The lowest BCUT2D eigenvalue weighted by atomic mass is 10.0. The molecule has 0 bridgehead atoms. The summed E-state index contributed by atoms with van der Waals surface area (Å²) in [5.74, 6) is 0. The molecule has 7 nitrogen and oxygen atoms in total. The molecule has 0 spiro atoms. The number of hydrogen-bond donors (Lipinski definition) is 2. The van der Waals surface area contributed by atoms with Gasteiger partial charge in [-0.2, -0.15) is 5.10 Å². The summed E-state index contributed by atoms with van der Waals surface area (Å²) in [6.07, 6.45) is 2.04. The Kier molecular flexibility index (Phi) is 5.64. The normalized spacial score (nSPS) is 26.0. The quantitative estimate of drug-likeness (QED) is 0.872. The molecule has 2 fully saturated rings. The smallest absolute Gasteiger partial charge is 0.317 e. The topological polar surface area (TPSA) is 73.5 Å². The lowest BCUT2D eigenvalue weighted by molar-refractivity contribution is -0.0178. The number of rotatable bonds is 4. The standard InChI is InChI=1S/C18H31N5O2/c1-12(22-8-9-25-11-13(22)2)10-19-18(24)23-7-5-6-16(23)17-14(3)20-21-15(17)4/h12-13,16H,5-11H2,1-4H3,(H,19,24)(H,20,21)/t12-,13+,16-/m0/s1. The summed E-state index contributed by atoms with van der Waals surface area (Å²) in [5.41, 5.74) is 3.25. The van der Waals surface area contributed by atoms with Crippen molar-refractivity contribution in [3.63, 3.8) is 0 Å². The third-order valence-corrected chi connectivity index (χ3v) is 5.57. The first-order chi connectivity index (χ1) is 12.0. The van der Waals surface area contributed by atoms with Gasteiger partial charge in [-0.3, -0.25) is 10.00 Å². The van der Waals surface area contributed by atoms with Crippen LogP contribution in [0.2, 0.25) is 0 Å². The molecule has 2 saturated heterocycles. The minimum atomic E-state index is 0.0373. The van der Waals surface area contributed by atoms with Crippen molar-refractivity contribution < 1.29 is 9.53 Å².